The number of hydrogen-bond donors (Lipinski definition) is 2. The highest BCUT2D eigenvalue weighted by Gasteiger charge is 2.23. The van der Waals surface area contributed by atoms with Crippen LogP contribution in [0, 0.1) is 11.3 Å². The Morgan fingerprint density at radius 1 is 1.19 bits per heavy atom. The van der Waals surface area contributed by atoms with Crippen LogP contribution < -0.4 is 15.4 Å². The summed E-state index contributed by atoms with van der Waals surface area (Å²) in [6.07, 6.45) is 9.21. The largest absolute Gasteiger partial charge is 0.457 e. The zero-order valence-electron chi connectivity index (χ0n) is 19.1. The van der Waals surface area contributed by atoms with Crippen molar-refractivity contribution in [3.05, 3.63) is 66.1 Å². The molecule has 3 aromatic rings. The lowest BCUT2D eigenvalue weighted by atomic mass is 9.77. The van der Waals surface area contributed by atoms with Crippen LogP contribution in [0.25, 0.3) is 11.0 Å². The lowest BCUT2D eigenvalue weighted by Crippen LogP contribution is -2.20. The molecule has 0 spiro atoms. The molecule has 0 aliphatic heterocycles. The summed E-state index contributed by atoms with van der Waals surface area (Å²) >= 11 is 0. The molecule has 2 aromatic heterocycles. The van der Waals surface area contributed by atoms with Gasteiger partial charge in [-0.3, -0.25) is 9.78 Å². The fourth-order valence-corrected chi connectivity index (χ4v) is 3.70. The molecule has 1 aromatic carbocycles. The first-order valence-electron chi connectivity index (χ1n) is 10.7. The van der Waals surface area contributed by atoms with E-state index in [0.717, 1.165) is 29.1 Å². The Labute approximate surface area is 188 Å². The number of aryl methyl sites for hydroxylation is 1. The number of carbonyl (C=O) groups is 1. The third kappa shape index (κ3) is 4.51. The van der Waals surface area contributed by atoms with E-state index in [-0.39, 0.29) is 11.3 Å². The van der Waals surface area contributed by atoms with Gasteiger partial charge in [0.1, 0.15) is 17.2 Å². The molecule has 32 heavy (non-hydrogen) atoms. The first kappa shape index (κ1) is 21.6. The number of fused-ring (bicyclic) bond motifs is 1. The zero-order valence-corrected chi connectivity index (χ0v) is 19.1. The Kier molecular flexibility index (Phi) is 5.74. The van der Waals surface area contributed by atoms with Gasteiger partial charge in [-0.2, -0.15) is 0 Å². The number of benzene rings is 1. The van der Waals surface area contributed by atoms with Gasteiger partial charge < -0.3 is 19.9 Å². The second kappa shape index (κ2) is 8.49. The van der Waals surface area contributed by atoms with E-state index in [2.05, 4.69) is 54.6 Å². The number of pyridine rings is 1. The van der Waals surface area contributed by atoms with Gasteiger partial charge in [0, 0.05) is 38.1 Å². The van der Waals surface area contributed by atoms with Crippen LogP contribution in [0.2, 0.25) is 0 Å². The molecule has 0 fully saturated rings. The van der Waals surface area contributed by atoms with Crippen LogP contribution in [0.3, 0.4) is 0 Å². The summed E-state index contributed by atoms with van der Waals surface area (Å²) in [5.74, 6) is 2.23. The van der Waals surface area contributed by atoms with Crippen LogP contribution in [-0.4, -0.2) is 27.5 Å². The van der Waals surface area contributed by atoms with E-state index >= 15 is 0 Å². The van der Waals surface area contributed by atoms with Crippen molar-refractivity contribution >= 4 is 22.9 Å². The van der Waals surface area contributed by atoms with Crippen LogP contribution >= 0.6 is 0 Å². The van der Waals surface area contributed by atoms with Gasteiger partial charge in [0.25, 0.3) is 5.91 Å². The first-order valence-corrected chi connectivity index (χ1v) is 10.7. The molecular weight excluding hydrogens is 402 g/mol. The summed E-state index contributed by atoms with van der Waals surface area (Å²) in [6.45, 7) is 6.81. The van der Waals surface area contributed by atoms with Crippen LogP contribution in [0.15, 0.2) is 60.5 Å². The number of rotatable bonds is 5. The smallest absolute Gasteiger partial charge is 0.269 e. The maximum Gasteiger partial charge on any atom is 0.269 e. The van der Waals surface area contributed by atoms with Crippen LogP contribution in [0.4, 0.5) is 5.95 Å². The van der Waals surface area contributed by atoms with E-state index in [1.807, 2.05) is 29.8 Å². The zero-order chi connectivity index (χ0) is 22.9. The minimum atomic E-state index is -0.258. The Morgan fingerprint density at radius 3 is 2.66 bits per heavy atom. The summed E-state index contributed by atoms with van der Waals surface area (Å²) in [4.78, 5) is 20.6. The van der Waals surface area contributed by atoms with Gasteiger partial charge >= 0.3 is 0 Å². The van der Waals surface area contributed by atoms with E-state index in [4.69, 9.17) is 9.72 Å². The Hall–Kier alpha value is -3.61. The minimum Gasteiger partial charge on any atom is -0.457 e. The molecule has 1 aliphatic rings. The predicted octanol–water partition coefficient (Wildman–Crippen LogP) is 5.04. The van der Waals surface area contributed by atoms with Gasteiger partial charge in [0.2, 0.25) is 5.95 Å². The van der Waals surface area contributed by atoms with Crippen molar-refractivity contribution in [2.75, 3.05) is 12.4 Å². The number of aromatic nitrogens is 3. The number of allylic oxidation sites excluding steroid dienone is 3. The number of imidazole rings is 1. The maximum absolute atomic E-state index is 11.8. The average Bonchev–Trinajstić information content (AvgIpc) is 3.07. The van der Waals surface area contributed by atoms with E-state index in [1.165, 1.54) is 0 Å². The quantitative estimate of drug-likeness (QED) is 0.592. The Balaban J connectivity index is 1.52. The van der Waals surface area contributed by atoms with E-state index in [0.29, 0.717) is 23.1 Å². The average molecular weight is 432 g/mol. The van der Waals surface area contributed by atoms with Crippen LogP contribution in [0.1, 0.15) is 37.7 Å². The summed E-state index contributed by atoms with van der Waals surface area (Å²) in [5, 5.41) is 6.00. The second-order valence-electron chi connectivity index (χ2n) is 9.05. The Bertz CT molecular complexity index is 1220. The molecule has 1 amide bonds. The maximum atomic E-state index is 11.8. The Morgan fingerprint density at radius 2 is 1.97 bits per heavy atom. The number of ether oxygens (including phenoxy) is 1. The van der Waals surface area contributed by atoms with E-state index in [9.17, 15) is 4.79 Å². The highest BCUT2D eigenvalue weighted by Crippen LogP contribution is 2.33. The minimum absolute atomic E-state index is 0.253. The lowest BCUT2D eigenvalue weighted by Gasteiger charge is -2.29. The van der Waals surface area contributed by atoms with Crippen molar-refractivity contribution in [3.63, 3.8) is 0 Å². The van der Waals surface area contributed by atoms with Gasteiger partial charge in [-0.15, -0.1) is 0 Å². The fraction of sp³-hybridized carbons (Fsp3) is 0.320. The van der Waals surface area contributed by atoms with Crippen LogP contribution in [-0.2, 0) is 7.05 Å². The highest BCUT2D eigenvalue weighted by atomic mass is 16.5. The molecule has 0 radical (unpaired) electrons. The fourth-order valence-electron chi connectivity index (χ4n) is 3.70. The van der Waals surface area contributed by atoms with Crippen molar-refractivity contribution in [1.29, 1.82) is 0 Å². The third-order valence-corrected chi connectivity index (χ3v) is 5.75. The first-order chi connectivity index (χ1) is 15.2. The molecule has 7 nitrogen and oxygen atoms in total. The third-order valence-electron chi connectivity index (χ3n) is 5.75. The van der Waals surface area contributed by atoms with E-state index < -0.39 is 0 Å². The monoisotopic (exact) mass is 431 g/mol. The van der Waals surface area contributed by atoms with Crippen molar-refractivity contribution in [1.82, 2.24) is 19.9 Å². The SMILES string of the molecule is CNC(=O)c1cc(Oc2ccc3c(c2)nc(NC2=CCC(C(C)(C)C)C=C2)n3C)ccn1. The summed E-state index contributed by atoms with van der Waals surface area (Å²) in [5.41, 5.74) is 3.43. The molecule has 4 rings (SSSR count). The molecule has 1 unspecified atom stereocenters. The highest BCUT2D eigenvalue weighted by molar-refractivity contribution is 5.92. The second-order valence-corrected chi connectivity index (χ2v) is 9.05. The van der Waals surface area contributed by atoms with Gasteiger partial charge in [-0.05, 0) is 42.0 Å². The number of hydrogen-bond acceptors (Lipinski definition) is 5. The number of amides is 1. The van der Waals surface area contributed by atoms with Crippen molar-refractivity contribution in [2.24, 2.45) is 18.4 Å². The van der Waals surface area contributed by atoms with Crippen molar-refractivity contribution in [3.8, 4) is 11.5 Å². The molecule has 2 N–H and O–H groups in total. The van der Waals surface area contributed by atoms with Gasteiger partial charge in [0.15, 0.2) is 0 Å². The molecule has 0 saturated heterocycles. The molecule has 2 heterocycles. The lowest BCUT2D eigenvalue weighted by molar-refractivity contribution is 0.0958. The molecule has 0 saturated carbocycles. The number of carbonyl (C=O) groups excluding carboxylic acids is 1. The van der Waals surface area contributed by atoms with E-state index in [1.54, 1.807) is 25.4 Å². The molecule has 7 heteroatoms. The number of nitrogens with zero attached hydrogens (tertiary/aromatic N) is 3. The molecule has 0 bridgehead atoms. The van der Waals surface area contributed by atoms with Crippen LogP contribution in [0.5, 0.6) is 11.5 Å². The topological polar surface area (TPSA) is 81.1 Å². The molecular formula is C25H29N5O2. The molecule has 166 valence electrons. The van der Waals surface area contributed by atoms with Crippen molar-refractivity contribution < 1.29 is 9.53 Å². The molecule has 1 aliphatic carbocycles. The van der Waals surface area contributed by atoms with Crippen molar-refractivity contribution in [2.45, 2.75) is 27.2 Å². The predicted molar refractivity (Wildman–Crippen MR) is 127 cm³/mol. The standard InChI is InChI=1S/C25H29N5O2/c1-25(2,3)16-6-8-17(9-7-16)28-24-29-20-14-18(10-11-22(20)30(24)5)32-19-12-13-27-21(15-19)23(31)26-4/h6,8-16H,7H2,1-5H3,(H,26,31)(H,28,29). The number of nitrogens with one attached hydrogen (secondary N) is 2. The molecule has 1 atom stereocenters. The van der Waals surface area contributed by atoms with Gasteiger partial charge in [-0.1, -0.05) is 32.9 Å². The van der Waals surface area contributed by atoms with Gasteiger partial charge in [-0.25, -0.2) is 4.98 Å². The number of anilines is 1. The summed E-state index contributed by atoms with van der Waals surface area (Å²) in [6, 6.07) is 9.09. The van der Waals surface area contributed by atoms with Gasteiger partial charge in [0.05, 0.1) is 11.0 Å². The summed E-state index contributed by atoms with van der Waals surface area (Å²) in [7, 11) is 3.56. The summed E-state index contributed by atoms with van der Waals surface area (Å²) < 4.78 is 7.98. The normalized spacial score (nSPS) is 16.0.